The molecule has 0 bridgehead atoms. The van der Waals surface area contributed by atoms with Crippen LogP contribution in [0.1, 0.15) is 34.0 Å². The summed E-state index contributed by atoms with van der Waals surface area (Å²) in [5, 5.41) is 13.9. The van der Waals surface area contributed by atoms with E-state index in [1.165, 1.54) is 22.3 Å². The number of hydrogen-bond donors (Lipinski definition) is 2. The number of aromatic carboxylic acids is 1. The largest absolute Gasteiger partial charge is 0.476 e. The first kappa shape index (κ1) is 18.3. The van der Waals surface area contributed by atoms with Gasteiger partial charge in [-0.3, -0.25) is 4.90 Å². The molecule has 1 aliphatic heterocycles. The van der Waals surface area contributed by atoms with Gasteiger partial charge in [-0.15, -0.1) is 11.3 Å². The number of piperazine rings is 1. The van der Waals surface area contributed by atoms with Crippen molar-refractivity contribution in [3.63, 3.8) is 0 Å². The Morgan fingerprint density at radius 3 is 2.54 bits per heavy atom. The number of benzene rings is 1. The Hall–Kier alpha value is -2.45. The zero-order valence-electron chi connectivity index (χ0n) is 14.6. The van der Waals surface area contributed by atoms with Gasteiger partial charge >= 0.3 is 12.0 Å². The maximum absolute atomic E-state index is 12.4. The monoisotopic (exact) mass is 374 g/mol. The lowest BCUT2D eigenvalue weighted by Gasteiger charge is -2.35. The first-order chi connectivity index (χ1) is 12.5. The molecule has 0 saturated carbocycles. The Kier molecular flexibility index (Phi) is 5.85. The molecule has 2 amide bonds. The number of hydrogen-bond acceptors (Lipinski definition) is 5. The quantitative estimate of drug-likeness (QED) is 0.840. The van der Waals surface area contributed by atoms with Crippen molar-refractivity contribution in [3.05, 3.63) is 52.0 Å². The number of nitrogens with one attached hydrogen (secondary N) is 1. The molecule has 1 saturated heterocycles. The summed E-state index contributed by atoms with van der Waals surface area (Å²) in [6.07, 6.45) is 0. The Morgan fingerprint density at radius 2 is 1.92 bits per heavy atom. The van der Waals surface area contributed by atoms with Gasteiger partial charge in [-0.2, -0.15) is 0 Å². The molecule has 8 heteroatoms. The number of thiazole rings is 1. The van der Waals surface area contributed by atoms with Crippen LogP contribution in [0.5, 0.6) is 0 Å². The molecule has 1 aromatic carbocycles. The highest BCUT2D eigenvalue weighted by molar-refractivity contribution is 7.09. The fraction of sp³-hybridized carbons (Fsp3) is 0.389. The van der Waals surface area contributed by atoms with E-state index in [2.05, 4.69) is 27.3 Å². The van der Waals surface area contributed by atoms with E-state index in [0.29, 0.717) is 18.1 Å². The Balaban J connectivity index is 1.47. The van der Waals surface area contributed by atoms with Crippen LogP contribution in [0.4, 0.5) is 4.79 Å². The smallest absolute Gasteiger partial charge is 0.355 e. The summed E-state index contributed by atoms with van der Waals surface area (Å²) < 4.78 is 0. The number of rotatable bonds is 5. The average molecular weight is 374 g/mol. The molecule has 0 radical (unpaired) electrons. The fourth-order valence-electron chi connectivity index (χ4n) is 2.87. The second-order valence-electron chi connectivity index (χ2n) is 6.30. The molecule has 138 valence electrons. The molecule has 1 fully saturated rings. The van der Waals surface area contributed by atoms with Crippen LogP contribution in [0.25, 0.3) is 0 Å². The van der Waals surface area contributed by atoms with E-state index in [1.807, 2.05) is 25.1 Å². The molecule has 0 aliphatic carbocycles. The third-order valence-electron chi connectivity index (χ3n) is 4.36. The number of aromatic nitrogens is 1. The van der Waals surface area contributed by atoms with Crippen LogP contribution in [0.2, 0.25) is 0 Å². The maximum Gasteiger partial charge on any atom is 0.355 e. The van der Waals surface area contributed by atoms with Crippen molar-refractivity contribution in [3.8, 4) is 0 Å². The molecular formula is C18H22N4O3S. The minimum absolute atomic E-state index is 0.0145. The van der Waals surface area contributed by atoms with Crippen LogP contribution in [-0.2, 0) is 6.54 Å². The van der Waals surface area contributed by atoms with Crippen LogP contribution in [0, 0.1) is 0 Å². The van der Waals surface area contributed by atoms with Crippen molar-refractivity contribution in [2.24, 2.45) is 0 Å². The molecular weight excluding hydrogens is 352 g/mol. The Morgan fingerprint density at radius 1 is 1.23 bits per heavy atom. The van der Waals surface area contributed by atoms with Gasteiger partial charge in [0.25, 0.3) is 0 Å². The lowest BCUT2D eigenvalue weighted by atomic mass is 10.2. The van der Waals surface area contributed by atoms with Crippen LogP contribution < -0.4 is 5.32 Å². The van der Waals surface area contributed by atoms with Crippen LogP contribution in [-0.4, -0.2) is 58.1 Å². The highest BCUT2D eigenvalue weighted by atomic mass is 32.1. The van der Waals surface area contributed by atoms with Crippen LogP contribution in [0.3, 0.4) is 0 Å². The molecule has 1 unspecified atom stereocenters. The number of amides is 2. The van der Waals surface area contributed by atoms with Crippen molar-refractivity contribution in [1.82, 2.24) is 20.1 Å². The summed E-state index contributed by atoms with van der Waals surface area (Å²) in [5.74, 6) is -1.06. The topological polar surface area (TPSA) is 85.8 Å². The molecule has 0 spiro atoms. The summed E-state index contributed by atoms with van der Waals surface area (Å²) in [6, 6.07) is 9.85. The van der Waals surface area contributed by atoms with Gasteiger partial charge in [-0.25, -0.2) is 14.6 Å². The predicted octanol–water partition coefficient (Wildman–Crippen LogP) is 2.43. The summed E-state index contributed by atoms with van der Waals surface area (Å²) >= 11 is 1.24. The average Bonchev–Trinajstić information content (AvgIpc) is 3.14. The highest BCUT2D eigenvalue weighted by Crippen LogP contribution is 2.18. The van der Waals surface area contributed by atoms with E-state index in [9.17, 15) is 9.59 Å². The molecule has 26 heavy (non-hydrogen) atoms. The molecule has 2 N–H and O–H groups in total. The van der Waals surface area contributed by atoms with Gasteiger partial charge < -0.3 is 15.3 Å². The van der Waals surface area contributed by atoms with Crippen molar-refractivity contribution in [2.45, 2.75) is 19.5 Å². The summed E-state index contributed by atoms with van der Waals surface area (Å²) in [6.45, 7) is 5.71. The third-order valence-corrected chi connectivity index (χ3v) is 5.39. The molecule has 3 rings (SSSR count). The van der Waals surface area contributed by atoms with Crippen molar-refractivity contribution in [2.75, 3.05) is 26.2 Å². The van der Waals surface area contributed by atoms with Gasteiger partial charge in [0.05, 0.1) is 6.04 Å². The van der Waals surface area contributed by atoms with E-state index in [4.69, 9.17) is 5.11 Å². The third kappa shape index (κ3) is 4.59. The maximum atomic E-state index is 12.4. The van der Waals surface area contributed by atoms with Crippen molar-refractivity contribution >= 4 is 23.3 Å². The van der Waals surface area contributed by atoms with Gasteiger partial charge in [0, 0.05) is 38.1 Å². The Labute approximate surface area is 156 Å². The summed E-state index contributed by atoms with van der Waals surface area (Å²) in [5.41, 5.74) is 1.29. The second kappa shape index (κ2) is 8.29. The number of urea groups is 1. The SMILES string of the molecule is CC(NC(=O)N1CCN(Cc2ccccc2)CC1)c1nc(C(=O)O)cs1. The summed E-state index contributed by atoms with van der Waals surface area (Å²) in [4.78, 5) is 31.5. The fourth-order valence-corrected chi connectivity index (χ4v) is 3.67. The van der Waals surface area contributed by atoms with E-state index in [1.54, 1.807) is 4.90 Å². The van der Waals surface area contributed by atoms with E-state index in [-0.39, 0.29) is 17.8 Å². The first-order valence-electron chi connectivity index (χ1n) is 8.53. The van der Waals surface area contributed by atoms with Gasteiger partial charge in [-0.1, -0.05) is 30.3 Å². The molecule has 1 aliphatic rings. The second-order valence-corrected chi connectivity index (χ2v) is 7.19. The predicted molar refractivity (Wildman–Crippen MR) is 99.3 cm³/mol. The normalized spacial score (nSPS) is 16.3. The van der Waals surface area contributed by atoms with Crippen molar-refractivity contribution in [1.29, 1.82) is 0 Å². The Bertz CT molecular complexity index is 757. The number of carbonyl (C=O) groups is 2. The van der Waals surface area contributed by atoms with Crippen LogP contribution in [0.15, 0.2) is 35.7 Å². The zero-order valence-corrected chi connectivity index (χ0v) is 15.4. The van der Waals surface area contributed by atoms with E-state index < -0.39 is 5.97 Å². The molecule has 2 heterocycles. The van der Waals surface area contributed by atoms with E-state index in [0.717, 1.165) is 19.6 Å². The minimum Gasteiger partial charge on any atom is -0.476 e. The van der Waals surface area contributed by atoms with Gasteiger partial charge in [0.15, 0.2) is 5.69 Å². The lowest BCUT2D eigenvalue weighted by Crippen LogP contribution is -2.51. The minimum atomic E-state index is -1.06. The van der Waals surface area contributed by atoms with E-state index >= 15 is 0 Å². The molecule has 2 aromatic rings. The zero-order chi connectivity index (χ0) is 18.5. The number of carbonyl (C=O) groups excluding carboxylic acids is 1. The number of carboxylic acids is 1. The standard InChI is InChI=1S/C18H22N4O3S/c1-13(16-20-15(12-26-16)17(23)24)19-18(25)22-9-7-21(8-10-22)11-14-5-3-2-4-6-14/h2-6,12-13H,7-11H2,1H3,(H,19,25)(H,23,24). The summed E-state index contributed by atoms with van der Waals surface area (Å²) in [7, 11) is 0. The first-order valence-corrected chi connectivity index (χ1v) is 9.41. The molecule has 7 nitrogen and oxygen atoms in total. The van der Waals surface area contributed by atoms with Crippen molar-refractivity contribution < 1.29 is 14.7 Å². The van der Waals surface area contributed by atoms with Gasteiger partial charge in [0.1, 0.15) is 5.01 Å². The highest BCUT2D eigenvalue weighted by Gasteiger charge is 2.23. The van der Waals surface area contributed by atoms with Gasteiger partial charge in [0.2, 0.25) is 0 Å². The number of carboxylic acid groups (broad SMARTS) is 1. The van der Waals surface area contributed by atoms with Crippen LogP contribution >= 0.6 is 11.3 Å². The molecule has 1 atom stereocenters. The molecule has 1 aromatic heterocycles. The van der Waals surface area contributed by atoms with Gasteiger partial charge in [-0.05, 0) is 12.5 Å². The number of nitrogens with zero attached hydrogens (tertiary/aromatic N) is 3. The lowest BCUT2D eigenvalue weighted by molar-refractivity contribution is 0.0691.